The molecule has 0 unspecified atom stereocenters. The second kappa shape index (κ2) is 11.8. The smallest absolute Gasteiger partial charge is 0.329 e. The first-order valence-electron chi connectivity index (χ1n) is 10.3. The van der Waals surface area contributed by atoms with Gasteiger partial charge in [0, 0.05) is 12.2 Å². The molecule has 0 saturated carbocycles. The number of benzene rings is 2. The third-order valence-corrected chi connectivity index (χ3v) is 4.48. The van der Waals surface area contributed by atoms with E-state index >= 15 is 0 Å². The summed E-state index contributed by atoms with van der Waals surface area (Å²) in [6.45, 7) is 2.11. The Bertz CT molecular complexity index is 1190. The van der Waals surface area contributed by atoms with Gasteiger partial charge in [0.25, 0.3) is 0 Å². The molecule has 0 radical (unpaired) electrons. The monoisotopic (exact) mass is 461 g/mol. The van der Waals surface area contributed by atoms with E-state index in [-0.39, 0.29) is 18.8 Å². The van der Waals surface area contributed by atoms with Gasteiger partial charge in [-0.2, -0.15) is 5.10 Å². The number of nitrogens with one attached hydrogen (secondary N) is 4. The minimum atomic E-state index is -0.925. The molecule has 0 spiro atoms. The van der Waals surface area contributed by atoms with Crippen LogP contribution in [0.1, 0.15) is 22.6 Å². The van der Waals surface area contributed by atoms with Gasteiger partial charge in [0.15, 0.2) is 0 Å². The highest BCUT2D eigenvalue weighted by atomic mass is 16.3. The highest BCUT2D eigenvalue weighted by Gasteiger charge is 2.14. The topological polar surface area (TPSA) is 142 Å². The number of rotatable bonds is 7. The van der Waals surface area contributed by atoms with E-state index in [4.69, 9.17) is 4.42 Å². The Kier molecular flexibility index (Phi) is 8.28. The zero-order valence-electron chi connectivity index (χ0n) is 18.3. The lowest BCUT2D eigenvalue weighted by atomic mass is 10.2. The molecule has 3 rings (SSSR count). The van der Waals surface area contributed by atoms with Gasteiger partial charge in [-0.1, -0.05) is 48.0 Å². The maximum Gasteiger partial charge on any atom is 0.329 e. The SMILES string of the molecule is Cc1ccc(NC(=O)C(=O)NCc2ccc(/C=N/NC(=O)C(=O)NCc3ccccc3)o2)cc1. The number of carbonyl (C=O) groups is 4. The molecular weight excluding hydrogens is 438 g/mol. The Balaban J connectivity index is 1.39. The lowest BCUT2D eigenvalue weighted by molar-refractivity contribution is -0.139. The first kappa shape index (κ1) is 23.9. The molecule has 10 nitrogen and oxygen atoms in total. The molecule has 3 aromatic rings. The van der Waals surface area contributed by atoms with Crippen LogP contribution in [0.3, 0.4) is 0 Å². The number of anilines is 1. The van der Waals surface area contributed by atoms with Crippen LogP contribution in [0.2, 0.25) is 0 Å². The fourth-order valence-electron chi connectivity index (χ4n) is 2.70. The van der Waals surface area contributed by atoms with E-state index in [1.54, 1.807) is 24.3 Å². The summed E-state index contributed by atoms with van der Waals surface area (Å²) in [7, 11) is 0. The van der Waals surface area contributed by atoms with Crippen LogP contribution in [0.15, 0.2) is 76.2 Å². The molecular formula is C24H23N5O5. The van der Waals surface area contributed by atoms with Gasteiger partial charge < -0.3 is 20.4 Å². The third kappa shape index (κ3) is 7.45. The van der Waals surface area contributed by atoms with Crippen molar-refractivity contribution in [1.82, 2.24) is 16.1 Å². The van der Waals surface area contributed by atoms with Gasteiger partial charge in [-0.05, 0) is 36.8 Å². The highest BCUT2D eigenvalue weighted by Crippen LogP contribution is 2.09. The van der Waals surface area contributed by atoms with Crippen LogP contribution in [0, 0.1) is 6.92 Å². The van der Waals surface area contributed by atoms with Crippen molar-refractivity contribution in [2.24, 2.45) is 5.10 Å². The fourth-order valence-corrected chi connectivity index (χ4v) is 2.70. The van der Waals surface area contributed by atoms with Crippen molar-refractivity contribution in [1.29, 1.82) is 0 Å². The minimum absolute atomic E-state index is 0.0256. The molecule has 0 fully saturated rings. The Morgan fingerprint density at radius 2 is 1.47 bits per heavy atom. The standard InChI is InChI=1S/C24H23N5O5/c1-16-7-9-18(10-8-16)28-23(32)21(30)26-14-19-11-12-20(34-19)15-27-29-24(33)22(31)25-13-17-5-3-2-4-6-17/h2-12,15H,13-14H2,1H3,(H,25,31)(H,26,30)(H,28,32)(H,29,33)/b27-15+. The zero-order valence-corrected chi connectivity index (χ0v) is 18.3. The molecule has 0 atom stereocenters. The van der Waals surface area contributed by atoms with Crippen LogP contribution in [0.25, 0.3) is 0 Å². The molecule has 1 aromatic heterocycles. The van der Waals surface area contributed by atoms with E-state index in [2.05, 4.69) is 26.5 Å². The Hall–Kier alpha value is -4.73. The van der Waals surface area contributed by atoms with Crippen molar-refractivity contribution < 1.29 is 23.6 Å². The van der Waals surface area contributed by atoms with Crippen LogP contribution in [-0.2, 0) is 32.3 Å². The van der Waals surface area contributed by atoms with Gasteiger partial charge in [-0.25, -0.2) is 5.43 Å². The van der Waals surface area contributed by atoms with Crippen LogP contribution in [0.5, 0.6) is 0 Å². The second-order valence-electron chi connectivity index (χ2n) is 7.17. The summed E-state index contributed by atoms with van der Waals surface area (Å²) in [4.78, 5) is 47.5. The Morgan fingerprint density at radius 3 is 2.21 bits per heavy atom. The molecule has 2 aromatic carbocycles. The van der Waals surface area contributed by atoms with E-state index in [1.165, 1.54) is 6.21 Å². The predicted molar refractivity (Wildman–Crippen MR) is 124 cm³/mol. The van der Waals surface area contributed by atoms with Crippen molar-refractivity contribution >= 4 is 35.5 Å². The Labute approximate surface area is 195 Å². The number of aryl methyl sites for hydroxylation is 1. The molecule has 10 heteroatoms. The Morgan fingerprint density at radius 1 is 0.794 bits per heavy atom. The molecule has 1 heterocycles. The zero-order chi connectivity index (χ0) is 24.3. The summed E-state index contributed by atoms with van der Waals surface area (Å²) < 4.78 is 5.45. The average Bonchev–Trinajstić information content (AvgIpc) is 3.30. The summed E-state index contributed by atoms with van der Waals surface area (Å²) in [6.07, 6.45) is 1.21. The summed E-state index contributed by atoms with van der Waals surface area (Å²) in [6, 6.07) is 19.3. The van der Waals surface area contributed by atoms with E-state index in [9.17, 15) is 19.2 Å². The van der Waals surface area contributed by atoms with Gasteiger partial charge in [-0.15, -0.1) is 0 Å². The minimum Gasteiger partial charge on any atom is -0.458 e. The van der Waals surface area contributed by atoms with Crippen molar-refractivity contribution in [2.45, 2.75) is 20.0 Å². The number of furan rings is 1. The van der Waals surface area contributed by atoms with Crippen LogP contribution in [-0.4, -0.2) is 29.8 Å². The maximum absolute atomic E-state index is 12.0. The number of hydrogen-bond donors (Lipinski definition) is 4. The number of nitrogens with zero attached hydrogens (tertiary/aromatic N) is 1. The average molecular weight is 461 g/mol. The summed E-state index contributed by atoms with van der Waals surface area (Å²) in [5.41, 5.74) is 4.51. The number of amides is 4. The van der Waals surface area contributed by atoms with Crippen LogP contribution >= 0.6 is 0 Å². The maximum atomic E-state index is 12.0. The third-order valence-electron chi connectivity index (χ3n) is 4.48. The molecule has 0 bridgehead atoms. The lowest BCUT2D eigenvalue weighted by Crippen LogP contribution is -2.37. The van der Waals surface area contributed by atoms with E-state index < -0.39 is 23.6 Å². The number of hydrazone groups is 1. The fraction of sp³-hybridized carbons (Fsp3) is 0.125. The second-order valence-corrected chi connectivity index (χ2v) is 7.17. The van der Waals surface area contributed by atoms with Crippen molar-refractivity contribution in [3.05, 3.63) is 89.4 Å². The predicted octanol–water partition coefficient (Wildman–Crippen LogP) is 1.61. The summed E-state index contributed by atoms with van der Waals surface area (Å²) >= 11 is 0. The van der Waals surface area contributed by atoms with Gasteiger partial charge >= 0.3 is 23.6 Å². The van der Waals surface area contributed by atoms with Gasteiger partial charge in [0.2, 0.25) is 0 Å². The molecule has 34 heavy (non-hydrogen) atoms. The van der Waals surface area contributed by atoms with E-state index in [0.717, 1.165) is 11.1 Å². The molecule has 0 aliphatic carbocycles. The van der Waals surface area contributed by atoms with Crippen molar-refractivity contribution in [3.63, 3.8) is 0 Å². The van der Waals surface area contributed by atoms with Crippen molar-refractivity contribution in [3.8, 4) is 0 Å². The molecule has 0 aliphatic rings. The van der Waals surface area contributed by atoms with Gasteiger partial charge in [-0.3, -0.25) is 19.2 Å². The van der Waals surface area contributed by atoms with Crippen LogP contribution in [0.4, 0.5) is 5.69 Å². The van der Waals surface area contributed by atoms with E-state index in [1.807, 2.05) is 49.4 Å². The normalized spacial score (nSPS) is 10.5. The largest absolute Gasteiger partial charge is 0.458 e. The van der Waals surface area contributed by atoms with Gasteiger partial charge in [0.1, 0.15) is 11.5 Å². The lowest BCUT2D eigenvalue weighted by Gasteiger charge is -2.05. The molecule has 4 N–H and O–H groups in total. The molecule has 174 valence electrons. The number of carbonyl (C=O) groups excluding carboxylic acids is 4. The quantitative estimate of drug-likeness (QED) is 0.240. The molecule has 4 amide bonds. The van der Waals surface area contributed by atoms with Crippen molar-refractivity contribution in [2.75, 3.05) is 5.32 Å². The van der Waals surface area contributed by atoms with Crippen LogP contribution < -0.4 is 21.4 Å². The van der Waals surface area contributed by atoms with E-state index in [0.29, 0.717) is 11.4 Å². The first-order valence-corrected chi connectivity index (χ1v) is 10.3. The first-order chi connectivity index (χ1) is 16.4. The molecule has 0 saturated heterocycles. The van der Waals surface area contributed by atoms with Gasteiger partial charge in [0.05, 0.1) is 12.8 Å². The molecule has 0 aliphatic heterocycles. The number of hydrogen-bond acceptors (Lipinski definition) is 6. The summed E-state index contributed by atoms with van der Waals surface area (Å²) in [5, 5.41) is 11.1. The highest BCUT2D eigenvalue weighted by molar-refractivity contribution is 6.39. The summed E-state index contributed by atoms with van der Waals surface area (Å²) in [5.74, 6) is -2.73.